The van der Waals surface area contributed by atoms with Crippen molar-refractivity contribution in [3.8, 4) is 5.75 Å². The zero-order valence-electron chi connectivity index (χ0n) is 11.8. The van der Waals surface area contributed by atoms with E-state index in [1.165, 1.54) is 11.1 Å². The molecule has 1 aliphatic heterocycles. The summed E-state index contributed by atoms with van der Waals surface area (Å²) in [5.74, 6) is 2.70. The molecule has 1 heterocycles. The predicted molar refractivity (Wildman–Crippen MR) is 75.9 cm³/mol. The van der Waals surface area contributed by atoms with Gasteiger partial charge >= 0.3 is 0 Å². The van der Waals surface area contributed by atoms with Crippen LogP contribution in [0.25, 0.3) is 0 Å². The van der Waals surface area contributed by atoms with Gasteiger partial charge in [-0.3, -0.25) is 0 Å². The maximum atomic E-state index is 9.42. The molecule has 2 aliphatic rings. The van der Waals surface area contributed by atoms with Gasteiger partial charge in [0.1, 0.15) is 5.75 Å². The molecule has 102 valence electrons. The molecule has 19 heavy (non-hydrogen) atoms. The van der Waals surface area contributed by atoms with Gasteiger partial charge < -0.3 is 9.84 Å². The number of allylic oxidation sites excluding steroid dienone is 1. The first-order valence-corrected chi connectivity index (χ1v) is 7.16. The molecule has 1 fully saturated rings. The van der Waals surface area contributed by atoms with E-state index >= 15 is 0 Å². The van der Waals surface area contributed by atoms with Gasteiger partial charge in [0.25, 0.3) is 0 Å². The summed E-state index contributed by atoms with van der Waals surface area (Å²) in [6.07, 6.45) is 2.56. The number of aromatic hydroxyl groups is 1. The van der Waals surface area contributed by atoms with Gasteiger partial charge in [-0.25, -0.2) is 0 Å². The van der Waals surface area contributed by atoms with Crippen LogP contribution >= 0.6 is 0 Å². The van der Waals surface area contributed by atoms with Gasteiger partial charge in [-0.15, -0.1) is 0 Å². The predicted octanol–water partition coefficient (Wildman–Crippen LogP) is 3.93. The van der Waals surface area contributed by atoms with E-state index in [2.05, 4.69) is 26.8 Å². The van der Waals surface area contributed by atoms with E-state index in [0.29, 0.717) is 29.4 Å². The SMILES string of the molecule is CC1=C[C@H](C)[C@@H]2CO[C@H](c3ccc(O)cc3)[C@H]1[C@H]2C. The number of fused-ring (bicyclic) bond motifs is 2. The average Bonchev–Trinajstić information content (AvgIpc) is 2.37. The summed E-state index contributed by atoms with van der Waals surface area (Å²) in [5, 5.41) is 9.42. The van der Waals surface area contributed by atoms with E-state index in [4.69, 9.17) is 4.74 Å². The fraction of sp³-hybridized carbons (Fsp3) is 0.529. The lowest BCUT2D eigenvalue weighted by molar-refractivity contribution is -0.0934. The Morgan fingerprint density at radius 3 is 2.53 bits per heavy atom. The maximum absolute atomic E-state index is 9.42. The lowest BCUT2D eigenvalue weighted by atomic mass is 9.64. The van der Waals surface area contributed by atoms with E-state index in [1.54, 1.807) is 12.1 Å². The Balaban J connectivity index is 1.96. The van der Waals surface area contributed by atoms with Gasteiger partial charge in [0, 0.05) is 5.92 Å². The summed E-state index contributed by atoms with van der Waals surface area (Å²) in [7, 11) is 0. The van der Waals surface area contributed by atoms with Crippen LogP contribution in [0.5, 0.6) is 5.75 Å². The second kappa shape index (κ2) is 4.68. The highest BCUT2D eigenvalue weighted by Crippen LogP contribution is 2.49. The van der Waals surface area contributed by atoms with Gasteiger partial charge in [-0.2, -0.15) is 0 Å². The van der Waals surface area contributed by atoms with Crippen molar-refractivity contribution in [1.82, 2.24) is 0 Å². The summed E-state index contributed by atoms with van der Waals surface area (Å²) in [5.41, 5.74) is 2.63. The molecule has 0 aromatic heterocycles. The molecule has 1 aromatic rings. The van der Waals surface area contributed by atoms with Crippen LogP contribution in [0.2, 0.25) is 0 Å². The first kappa shape index (κ1) is 12.7. The third kappa shape index (κ3) is 2.08. The van der Waals surface area contributed by atoms with Crippen LogP contribution in [0.3, 0.4) is 0 Å². The average molecular weight is 258 g/mol. The third-order valence-electron chi connectivity index (χ3n) is 4.98. The lowest BCUT2D eigenvalue weighted by Crippen LogP contribution is -2.42. The molecule has 2 nitrogen and oxygen atoms in total. The van der Waals surface area contributed by atoms with Gasteiger partial charge in [-0.05, 0) is 42.4 Å². The monoisotopic (exact) mass is 258 g/mol. The Morgan fingerprint density at radius 2 is 1.84 bits per heavy atom. The lowest BCUT2D eigenvalue weighted by Gasteiger charge is -2.47. The van der Waals surface area contributed by atoms with Crippen LogP contribution in [0.4, 0.5) is 0 Å². The number of benzene rings is 1. The van der Waals surface area contributed by atoms with Crippen molar-refractivity contribution < 1.29 is 9.84 Å². The van der Waals surface area contributed by atoms with Crippen LogP contribution < -0.4 is 0 Å². The third-order valence-corrected chi connectivity index (χ3v) is 4.98. The van der Waals surface area contributed by atoms with Crippen LogP contribution in [-0.2, 0) is 4.74 Å². The molecule has 0 spiro atoms. The summed E-state index contributed by atoms with van der Waals surface area (Å²) < 4.78 is 6.16. The Hall–Kier alpha value is -1.28. The largest absolute Gasteiger partial charge is 0.508 e. The Bertz CT molecular complexity index is 488. The number of phenolic OH excluding ortho intramolecular Hbond substituents is 1. The summed E-state index contributed by atoms with van der Waals surface area (Å²) in [6.45, 7) is 7.73. The second-order valence-electron chi connectivity index (χ2n) is 6.16. The molecule has 1 aromatic carbocycles. The normalized spacial score (nSPS) is 37.8. The van der Waals surface area contributed by atoms with Crippen LogP contribution in [0.1, 0.15) is 32.4 Å². The molecule has 1 N–H and O–H groups in total. The highest BCUT2D eigenvalue weighted by atomic mass is 16.5. The number of ether oxygens (including phenoxy) is 1. The molecule has 1 saturated heterocycles. The van der Waals surface area contributed by atoms with Crippen LogP contribution in [-0.4, -0.2) is 11.7 Å². The van der Waals surface area contributed by atoms with Crippen molar-refractivity contribution in [2.24, 2.45) is 23.7 Å². The Kier molecular flexibility index (Phi) is 3.14. The van der Waals surface area contributed by atoms with E-state index in [-0.39, 0.29) is 6.10 Å². The molecule has 2 bridgehead atoms. The minimum atomic E-state index is 0.135. The highest BCUT2D eigenvalue weighted by Gasteiger charge is 2.43. The number of hydrogen-bond donors (Lipinski definition) is 1. The molecule has 1 aliphatic carbocycles. The van der Waals surface area contributed by atoms with Crippen molar-refractivity contribution in [3.63, 3.8) is 0 Å². The quantitative estimate of drug-likeness (QED) is 0.773. The molecule has 0 saturated carbocycles. The Labute approximate surface area is 115 Å². The van der Waals surface area contributed by atoms with E-state index < -0.39 is 0 Å². The van der Waals surface area contributed by atoms with Crippen molar-refractivity contribution in [2.75, 3.05) is 6.61 Å². The number of hydrogen-bond acceptors (Lipinski definition) is 2. The molecule has 0 radical (unpaired) electrons. The minimum absolute atomic E-state index is 0.135. The number of phenols is 1. The highest BCUT2D eigenvalue weighted by molar-refractivity contribution is 5.30. The molecular weight excluding hydrogens is 236 g/mol. The second-order valence-corrected chi connectivity index (χ2v) is 6.16. The first-order chi connectivity index (χ1) is 9.08. The molecule has 0 amide bonds. The smallest absolute Gasteiger partial charge is 0.115 e. The van der Waals surface area contributed by atoms with Gasteiger partial charge in [0.2, 0.25) is 0 Å². The van der Waals surface area contributed by atoms with Crippen molar-refractivity contribution in [3.05, 3.63) is 41.5 Å². The van der Waals surface area contributed by atoms with E-state index in [1.807, 2.05) is 12.1 Å². The zero-order valence-corrected chi connectivity index (χ0v) is 11.8. The molecule has 5 atom stereocenters. The molecular formula is C17H22O2. The summed E-state index contributed by atoms with van der Waals surface area (Å²) >= 11 is 0. The first-order valence-electron chi connectivity index (χ1n) is 7.16. The van der Waals surface area contributed by atoms with Crippen molar-refractivity contribution >= 4 is 0 Å². The Morgan fingerprint density at radius 1 is 1.16 bits per heavy atom. The molecule has 3 rings (SSSR count). The fourth-order valence-corrected chi connectivity index (χ4v) is 3.91. The van der Waals surface area contributed by atoms with E-state index in [0.717, 1.165) is 6.61 Å². The number of rotatable bonds is 1. The van der Waals surface area contributed by atoms with Crippen LogP contribution in [0.15, 0.2) is 35.9 Å². The summed E-state index contributed by atoms with van der Waals surface area (Å²) in [6, 6.07) is 7.47. The van der Waals surface area contributed by atoms with Crippen LogP contribution in [0, 0.1) is 23.7 Å². The van der Waals surface area contributed by atoms with Gasteiger partial charge in [0.15, 0.2) is 0 Å². The van der Waals surface area contributed by atoms with Crippen molar-refractivity contribution in [1.29, 1.82) is 0 Å². The zero-order chi connectivity index (χ0) is 13.6. The van der Waals surface area contributed by atoms with Gasteiger partial charge in [0.05, 0.1) is 12.7 Å². The standard InChI is InChI=1S/C17H22O2/c1-10-8-11(2)16-12(3)15(10)9-19-17(16)13-4-6-14(18)7-5-13/h4-8,10,12,15-18H,9H2,1-3H3/t10-,12-,15-,16+,17+/m0/s1. The maximum Gasteiger partial charge on any atom is 0.115 e. The minimum Gasteiger partial charge on any atom is -0.508 e. The fourth-order valence-electron chi connectivity index (χ4n) is 3.91. The van der Waals surface area contributed by atoms with E-state index in [9.17, 15) is 5.11 Å². The molecule has 2 heteroatoms. The van der Waals surface area contributed by atoms with Gasteiger partial charge in [-0.1, -0.05) is 37.6 Å². The van der Waals surface area contributed by atoms with Crippen molar-refractivity contribution in [2.45, 2.75) is 26.9 Å². The molecule has 0 unspecified atom stereocenters. The topological polar surface area (TPSA) is 29.5 Å². The summed E-state index contributed by atoms with van der Waals surface area (Å²) in [4.78, 5) is 0.